The summed E-state index contributed by atoms with van der Waals surface area (Å²) in [4.78, 5) is 16.6. The lowest BCUT2D eigenvalue weighted by Gasteiger charge is -2.24. The lowest BCUT2D eigenvalue weighted by atomic mass is 10.1. The largest absolute Gasteiger partial charge is 0.371 e. The zero-order chi connectivity index (χ0) is 16.5. The van der Waals surface area contributed by atoms with E-state index >= 15 is 0 Å². The van der Waals surface area contributed by atoms with Crippen LogP contribution >= 0.6 is 0 Å². The van der Waals surface area contributed by atoms with Crippen LogP contribution in [0.1, 0.15) is 50.5 Å². The molecule has 23 heavy (non-hydrogen) atoms. The van der Waals surface area contributed by atoms with Gasteiger partial charge in [0.15, 0.2) is 0 Å². The molecule has 0 unspecified atom stereocenters. The van der Waals surface area contributed by atoms with E-state index in [1.54, 1.807) is 0 Å². The fourth-order valence-electron chi connectivity index (χ4n) is 3.22. The number of para-hydroxylation sites is 1. The number of anilines is 1. The molecule has 0 aliphatic carbocycles. The van der Waals surface area contributed by atoms with E-state index in [1.807, 2.05) is 11.9 Å². The first-order valence-corrected chi connectivity index (χ1v) is 8.99. The number of carbonyl (C=O) groups excluding carboxylic acids is 1. The molecule has 0 bridgehead atoms. The van der Waals surface area contributed by atoms with Crippen LogP contribution in [0.15, 0.2) is 24.3 Å². The Balaban J connectivity index is 1.84. The second-order valence-corrected chi connectivity index (χ2v) is 6.53. The van der Waals surface area contributed by atoms with Crippen molar-refractivity contribution in [2.24, 2.45) is 5.73 Å². The molecular formula is C19H31N3O. The van der Waals surface area contributed by atoms with Gasteiger partial charge in [-0.25, -0.2) is 0 Å². The van der Waals surface area contributed by atoms with Crippen molar-refractivity contribution in [2.45, 2.75) is 51.5 Å². The minimum Gasteiger partial charge on any atom is -0.371 e. The van der Waals surface area contributed by atoms with Crippen molar-refractivity contribution >= 4 is 11.6 Å². The number of hydrogen-bond donors (Lipinski definition) is 1. The number of hydrogen-bond acceptors (Lipinski definition) is 3. The second kappa shape index (κ2) is 9.56. The fraction of sp³-hybridized carbons (Fsp3) is 0.632. The molecule has 1 amide bonds. The first kappa shape index (κ1) is 17.8. The zero-order valence-electron chi connectivity index (χ0n) is 14.5. The Morgan fingerprint density at radius 2 is 1.83 bits per heavy atom. The Hall–Kier alpha value is -1.55. The van der Waals surface area contributed by atoms with Gasteiger partial charge < -0.3 is 15.5 Å². The molecule has 1 aromatic carbocycles. The highest BCUT2D eigenvalue weighted by Crippen LogP contribution is 2.25. The van der Waals surface area contributed by atoms with Crippen LogP contribution in [0.2, 0.25) is 0 Å². The number of rotatable bonds is 9. The summed E-state index contributed by atoms with van der Waals surface area (Å²) in [5.41, 5.74) is 8.05. The van der Waals surface area contributed by atoms with Gasteiger partial charge in [-0.1, -0.05) is 31.0 Å². The van der Waals surface area contributed by atoms with Crippen LogP contribution in [-0.2, 0) is 11.3 Å². The monoisotopic (exact) mass is 317 g/mol. The van der Waals surface area contributed by atoms with E-state index in [0.717, 1.165) is 45.3 Å². The Kier molecular flexibility index (Phi) is 7.40. The first-order chi connectivity index (χ1) is 11.2. The Morgan fingerprint density at radius 1 is 1.13 bits per heavy atom. The number of nitrogens with zero attached hydrogens (tertiary/aromatic N) is 2. The predicted octanol–water partition coefficient (Wildman–Crippen LogP) is 3.15. The van der Waals surface area contributed by atoms with Crippen molar-refractivity contribution in [3.05, 3.63) is 29.8 Å². The highest BCUT2D eigenvalue weighted by molar-refractivity contribution is 5.76. The molecule has 0 saturated carbocycles. The minimum atomic E-state index is 0.244. The third-order valence-corrected chi connectivity index (χ3v) is 4.62. The highest BCUT2D eigenvalue weighted by Gasteiger charge is 2.17. The second-order valence-electron chi connectivity index (χ2n) is 6.53. The number of nitrogens with two attached hydrogens (primary N) is 1. The maximum atomic E-state index is 12.3. The van der Waals surface area contributed by atoms with E-state index in [2.05, 4.69) is 29.2 Å². The molecule has 2 rings (SSSR count). The lowest BCUT2D eigenvalue weighted by molar-refractivity contribution is -0.130. The maximum Gasteiger partial charge on any atom is 0.222 e. The summed E-state index contributed by atoms with van der Waals surface area (Å²) in [5, 5.41) is 0. The van der Waals surface area contributed by atoms with Crippen LogP contribution in [0.25, 0.3) is 0 Å². The van der Waals surface area contributed by atoms with Gasteiger partial charge in [-0.2, -0.15) is 0 Å². The van der Waals surface area contributed by atoms with Crippen LogP contribution in [0.4, 0.5) is 5.69 Å². The van der Waals surface area contributed by atoms with Gasteiger partial charge in [-0.15, -0.1) is 0 Å². The molecule has 1 heterocycles. The average Bonchev–Trinajstić information content (AvgIpc) is 3.09. The Labute approximate surface area is 140 Å². The molecule has 0 atom stereocenters. The smallest absolute Gasteiger partial charge is 0.222 e. The van der Waals surface area contributed by atoms with Crippen molar-refractivity contribution in [1.29, 1.82) is 0 Å². The topological polar surface area (TPSA) is 49.6 Å². The molecule has 4 heteroatoms. The van der Waals surface area contributed by atoms with E-state index < -0.39 is 0 Å². The molecule has 128 valence electrons. The third-order valence-electron chi connectivity index (χ3n) is 4.62. The van der Waals surface area contributed by atoms with Crippen molar-refractivity contribution < 1.29 is 4.79 Å². The average molecular weight is 317 g/mol. The van der Waals surface area contributed by atoms with E-state index in [1.165, 1.54) is 24.1 Å². The molecule has 0 spiro atoms. The molecule has 4 nitrogen and oxygen atoms in total. The molecular weight excluding hydrogens is 286 g/mol. The lowest BCUT2D eigenvalue weighted by Crippen LogP contribution is -2.27. The van der Waals surface area contributed by atoms with Crippen LogP contribution in [-0.4, -0.2) is 37.5 Å². The van der Waals surface area contributed by atoms with Crippen molar-refractivity contribution in [1.82, 2.24) is 4.90 Å². The first-order valence-electron chi connectivity index (χ1n) is 8.99. The summed E-state index contributed by atoms with van der Waals surface area (Å²) in [6.07, 6.45) is 7.45. The molecule has 2 N–H and O–H groups in total. The zero-order valence-corrected chi connectivity index (χ0v) is 14.5. The SMILES string of the molecule is CN(Cc1ccccc1N1CCCC1)C(=O)CCCCCCN. The van der Waals surface area contributed by atoms with Crippen LogP contribution < -0.4 is 10.6 Å². The summed E-state index contributed by atoms with van der Waals surface area (Å²) in [5.74, 6) is 0.244. The molecule has 1 aromatic rings. The minimum absolute atomic E-state index is 0.244. The summed E-state index contributed by atoms with van der Waals surface area (Å²) in [6, 6.07) is 8.50. The van der Waals surface area contributed by atoms with Crippen molar-refractivity contribution in [2.75, 3.05) is 31.6 Å². The van der Waals surface area contributed by atoms with Gasteiger partial charge in [0.2, 0.25) is 5.91 Å². The molecule has 1 fully saturated rings. The molecule has 1 aliphatic rings. The van der Waals surface area contributed by atoms with Crippen LogP contribution in [0.5, 0.6) is 0 Å². The van der Waals surface area contributed by atoms with E-state index in [0.29, 0.717) is 13.0 Å². The van der Waals surface area contributed by atoms with Gasteiger partial charge >= 0.3 is 0 Å². The Morgan fingerprint density at radius 3 is 2.57 bits per heavy atom. The highest BCUT2D eigenvalue weighted by atomic mass is 16.2. The summed E-state index contributed by atoms with van der Waals surface area (Å²) in [7, 11) is 1.92. The number of amides is 1. The van der Waals surface area contributed by atoms with E-state index in [9.17, 15) is 4.79 Å². The van der Waals surface area contributed by atoms with Crippen molar-refractivity contribution in [3.63, 3.8) is 0 Å². The van der Waals surface area contributed by atoms with Crippen LogP contribution in [0, 0.1) is 0 Å². The third kappa shape index (κ3) is 5.54. The summed E-state index contributed by atoms with van der Waals surface area (Å²) >= 11 is 0. The van der Waals surface area contributed by atoms with Crippen LogP contribution in [0.3, 0.4) is 0 Å². The maximum absolute atomic E-state index is 12.3. The van der Waals surface area contributed by atoms with Gasteiger partial charge in [-0.05, 0) is 43.9 Å². The van der Waals surface area contributed by atoms with E-state index in [-0.39, 0.29) is 5.91 Å². The van der Waals surface area contributed by atoms with Gasteiger partial charge in [0, 0.05) is 38.8 Å². The van der Waals surface area contributed by atoms with Gasteiger partial charge in [0.25, 0.3) is 0 Å². The molecule has 0 radical (unpaired) electrons. The van der Waals surface area contributed by atoms with Gasteiger partial charge in [-0.3, -0.25) is 4.79 Å². The standard InChI is InChI=1S/C19H31N3O/c1-21(19(23)12-4-2-3-7-13-20)16-17-10-5-6-11-18(17)22-14-8-9-15-22/h5-6,10-11H,2-4,7-9,12-16,20H2,1H3. The number of unbranched alkanes of at least 4 members (excludes halogenated alkanes) is 3. The number of benzene rings is 1. The fourth-order valence-corrected chi connectivity index (χ4v) is 3.22. The molecule has 1 aliphatic heterocycles. The van der Waals surface area contributed by atoms with Crippen molar-refractivity contribution in [3.8, 4) is 0 Å². The quantitative estimate of drug-likeness (QED) is 0.712. The molecule has 0 aromatic heterocycles. The number of carbonyl (C=O) groups is 1. The molecule has 1 saturated heterocycles. The summed E-state index contributed by atoms with van der Waals surface area (Å²) in [6.45, 7) is 3.72. The predicted molar refractivity (Wildman–Crippen MR) is 96.5 cm³/mol. The summed E-state index contributed by atoms with van der Waals surface area (Å²) < 4.78 is 0. The van der Waals surface area contributed by atoms with Gasteiger partial charge in [0.05, 0.1) is 0 Å². The van der Waals surface area contributed by atoms with Gasteiger partial charge in [0.1, 0.15) is 0 Å². The normalized spacial score (nSPS) is 14.3. The van der Waals surface area contributed by atoms with E-state index in [4.69, 9.17) is 5.73 Å². The Bertz CT molecular complexity index is 483.